The Morgan fingerprint density at radius 3 is 2.35 bits per heavy atom. The molecule has 1 aromatic rings. The third-order valence-electron chi connectivity index (χ3n) is 2.99. The van der Waals surface area contributed by atoms with Crippen molar-refractivity contribution in [2.75, 3.05) is 5.75 Å². The highest BCUT2D eigenvalue weighted by Gasteiger charge is 2.16. The standard InChI is InChI=1S/C13H23N3O3S/c1-5-10-11(13(17)16-15-12(10)6-2)7-14-20(18,19)8-9(3)4/h9,14H,5-8H2,1-4H3,(H,16,17). The number of aromatic nitrogens is 2. The minimum atomic E-state index is -3.36. The zero-order valence-corrected chi connectivity index (χ0v) is 13.3. The van der Waals surface area contributed by atoms with E-state index in [1.807, 2.05) is 27.7 Å². The van der Waals surface area contributed by atoms with E-state index in [4.69, 9.17) is 0 Å². The van der Waals surface area contributed by atoms with Crippen molar-refractivity contribution < 1.29 is 8.42 Å². The lowest BCUT2D eigenvalue weighted by molar-refractivity contribution is 0.567. The Kier molecular flexibility index (Phi) is 5.88. The summed E-state index contributed by atoms with van der Waals surface area (Å²) in [4.78, 5) is 11.9. The van der Waals surface area contributed by atoms with Crippen LogP contribution >= 0.6 is 0 Å². The summed E-state index contributed by atoms with van der Waals surface area (Å²) in [6.07, 6.45) is 1.35. The number of nitrogens with one attached hydrogen (secondary N) is 2. The average Bonchev–Trinajstić information content (AvgIpc) is 2.35. The van der Waals surface area contributed by atoms with Crippen molar-refractivity contribution in [2.45, 2.75) is 47.1 Å². The van der Waals surface area contributed by atoms with Crippen LogP contribution in [0.3, 0.4) is 0 Å². The fourth-order valence-corrected chi connectivity index (χ4v) is 3.50. The Morgan fingerprint density at radius 2 is 1.85 bits per heavy atom. The maximum atomic E-state index is 11.9. The van der Waals surface area contributed by atoms with E-state index >= 15 is 0 Å². The van der Waals surface area contributed by atoms with Gasteiger partial charge in [0.2, 0.25) is 10.0 Å². The van der Waals surface area contributed by atoms with Gasteiger partial charge in [-0.1, -0.05) is 27.7 Å². The molecule has 0 saturated heterocycles. The van der Waals surface area contributed by atoms with Gasteiger partial charge in [-0.25, -0.2) is 18.2 Å². The van der Waals surface area contributed by atoms with Crippen LogP contribution in [0.4, 0.5) is 0 Å². The molecule has 0 aromatic carbocycles. The van der Waals surface area contributed by atoms with E-state index < -0.39 is 10.0 Å². The molecule has 0 aliphatic heterocycles. The van der Waals surface area contributed by atoms with Crippen LogP contribution in [0.5, 0.6) is 0 Å². The molecule has 0 saturated carbocycles. The lowest BCUT2D eigenvalue weighted by Gasteiger charge is -2.12. The Morgan fingerprint density at radius 1 is 1.20 bits per heavy atom. The van der Waals surface area contributed by atoms with Crippen molar-refractivity contribution >= 4 is 10.0 Å². The molecule has 1 heterocycles. The van der Waals surface area contributed by atoms with Gasteiger partial charge in [0.25, 0.3) is 5.56 Å². The van der Waals surface area contributed by atoms with Crippen LogP contribution < -0.4 is 10.3 Å². The Balaban J connectivity index is 3.01. The van der Waals surface area contributed by atoms with Gasteiger partial charge in [0.15, 0.2) is 0 Å². The normalized spacial score (nSPS) is 12.1. The molecule has 0 unspecified atom stereocenters. The van der Waals surface area contributed by atoms with E-state index in [0.29, 0.717) is 18.4 Å². The summed E-state index contributed by atoms with van der Waals surface area (Å²) >= 11 is 0. The van der Waals surface area contributed by atoms with Crippen molar-refractivity contribution in [2.24, 2.45) is 5.92 Å². The molecule has 0 fully saturated rings. The van der Waals surface area contributed by atoms with Crippen LogP contribution in [0.25, 0.3) is 0 Å². The van der Waals surface area contributed by atoms with Crippen LogP contribution in [0, 0.1) is 5.92 Å². The van der Waals surface area contributed by atoms with E-state index in [-0.39, 0.29) is 23.8 Å². The van der Waals surface area contributed by atoms with Crippen LogP contribution in [-0.2, 0) is 29.4 Å². The molecule has 20 heavy (non-hydrogen) atoms. The number of H-pyrrole nitrogens is 1. The first-order valence-corrected chi connectivity index (χ1v) is 8.52. The van der Waals surface area contributed by atoms with Crippen molar-refractivity contribution in [3.05, 3.63) is 27.2 Å². The first-order valence-electron chi connectivity index (χ1n) is 6.87. The number of sulfonamides is 1. The molecular weight excluding hydrogens is 278 g/mol. The van der Waals surface area contributed by atoms with E-state index in [9.17, 15) is 13.2 Å². The number of hydrogen-bond donors (Lipinski definition) is 2. The first kappa shape index (κ1) is 16.8. The van der Waals surface area contributed by atoms with Gasteiger partial charge in [-0.3, -0.25) is 4.79 Å². The minimum Gasteiger partial charge on any atom is -0.268 e. The summed E-state index contributed by atoms with van der Waals surface area (Å²) in [6.45, 7) is 7.58. The molecule has 0 atom stereocenters. The van der Waals surface area contributed by atoms with Gasteiger partial charge in [-0.05, 0) is 24.3 Å². The summed E-state index contributed by atoms with van der Waals surface area (Å²) in [5.41, 5.74) is 1.78. The van der Waals surface area contributed by atoms with Crippen molar-refractivity contribution in [1.29, 1.82) is 0 Å². The second-order valence-corrected chi connectivity index (χ2v) is 7.01. The van der Waals surface area contributed by atoms with Gasteiger partial charge in [0.05, 0.1) is 11.4 Å². The highest BCUT2D eigenvalue weighted by atomic mass is 32.2. The quantitative estimate of drug-likeness (QED) is 0.785. The number of aryl methyl sites for hydroxylation is 1. The van der Waals surface area contributed by atoms with Crippen molar-refractivity contribution in [1.82, 2.24) is 14.9 Å². The molecule has 0 bridgehead atoms. The zero-order chi connectivity index (χ0) is 15.3. The molecule has 0 radical (unpaired) electrons. The van der Waals surface area contributed by atoms with Crippen LogP contribution in [0.1, 0.15) is 44.5 Å². The molecule has 0 aliphatic carbocycles. The molecular formula is C13H23N3O3S. The molecule has 1 rings (SSSR count). The van der Waals surface area contributed by atoms with Crippen molar-refractivity contribution in [3.8, 4) is 0 Å². The van der Waals surface area contributed by atoms with E-state index in [0.717, 1.165) is 11.3 Å². The summed E-state index contributed by atoms with van der Waals surface area (Å²) in [5.74, 6) is 0.0954. The van der Waals surface area contributed by atoms with Crippen LogP contribution in [0.15, 0.2) is 4.79 Å². The molecule has 0 spiro atoms. The highest BCUT2D eigenvalue weighted by Crippen LogP contribution is 2.10. The number of nitrogens with zero attached hydrogens (tertiary/aromatic N) is 1. The molecule has 0 aliphatic rings. The second-order valence-electron chi connectivity index (χ2n) is 5.16. The summed E-state index contributed by atoms with van der Waals surface area (Å²) < 4.78 is 26.2. The maximum absolute atomic E-state index is 11.9. The smallest absolute Gasteiger partial charge is 0.268 e. The third kappa shape index (κ3) is 4.42. The molecule has 6 nitrogen and oxygen atoms in total. The second kappa shape index (κ2) is 6.99. The predicted octanol–water partition coefficient (Wildman–Crippen LogP) is 0.970. The summed E-state index contributed by atoms with van der Waals surface area (Å²) in [7, 11) is -3.36. The third-order valence-corrected chi connectivity index (χ3v) is 4.68. The molecule has 1 aromatic heterocycles. The van der Waals surface area contributed by atoms with E-state index in [1.54, 1.807) is 0 Å². The lowest BCUT2D eigenvalue weighted by atomic mass is 10.0. The highest BCUT2D eigenvalue weighted by molar-refractivity contribution is 7.89. The lowest BCUT2D eigenvalue weighted by Crippen LogP contribution is -2.32. The fraction of sp³-hybridized carbons (Fsp3) is 0.692. The fourth-order valence-electron chi connectivity index (χ4n) is 2.14. The average molecular weight is 301 g/mol. The minimum absolute atomic E-state index is 0.0169. The van der Waals surface area contributed by atoms with E-state index in [1.165, 1.54) is 0 Å². The zero-order valence-electron chi connectivity index (χ0n) is 12.5. The Labute approximate surface area is 120 Å². The Bertz CT molecular complexity index is 606. The topological polar surface area (TPSA) is 91.9 Å². The van der Waals surface area contributed by atoms with Gasteiger partial charge in [-0.2, -0.15) is 5.10 Å². The molecule has 0 amide bonds. The SMILES string of the molecule is CCc1n[nH]c(=O)c(CNS(=O)(=O)CC(C)C)c1CC. The summed E-state index contributed by atoms with van der Waals surface area (Å²) in [5, 5.41) is 6.44. The van der Waals surface area contributed by atoms with Crippen LogP contribution in [-0.4, -0.2) is 24.4 Å². The monoisotopic (exact) mass is 301 g/mol. The summed E-state index contributed by atoms with van der Waals surface area (Å²) in [6, 6.07) is 0. The first-order chi connectivity index (χ1) is 9.30. The van der Waals surface area contributed by atoms with Crippen molar-refractivity contribution in [3.63, 3.8) is 0 Å². The largest absolute Gasteiger partial charge is 0.268 e. The van der Waals surface area contributed by atoms with Gasteiger partial charge >= 0.3 is 0 Å². The van der Waals surface area contributed by atoms with Gasteiger partial charge in [0.1, 0.15) is 0 Å². The van der Waals surface area contributed by atoms with Gasteiger partial charge < -0.3 is 0 Å². The molecule has 7 heteroatoms. The van der Waals surface area contributed by atoms with Gasteiger partial charge in [0, 0.05) is 12.1 Å². The van der Waals surface area contributed by atoms with Gasteiger partial charge in [-0.15, -0.1) is 0 Å². The maximum Gasteiger partial charge on any atom is 0.268 e. The van der Waals surface area contributed by atoms with E-state index in [2.05, 4.69) is 14.9 Å². The molecule has 114 valence electrons. The predicted molar refractivity (Wildman–Crippen MR) is 79.1 cm³/mol. The Hall–Kier alpha value is -1.21. The number of aromatic amines is 1. The molecule has 2 N–H and O–H groups in total. The number of rotatable bonds is 7. The number of hydrogen-bond acceptors (Lipinski definition) is 4. The van der Waals surface area contributed by atoms with Crippen LogP contribution in [0.2, 0.25) is 0 Å².